The predicted octanol–water partition coefficient (Wildman–Crippen LogP) is 2.27. The third-order valence-corrected chi connectivity index (χ3v) is 5.10. The fraction of sp³-hybridized carbons (Fsp3) is 0.556. The molecule has 2 aromatic heterocycles. The van der Waals surface area contributed by atoms with Crippen molar-refractivity contribution >= 4 is 11.6 Å². The van der Waals surface area contributed by atoms with E-state index in [0.717, 1.165) is 49.3 Å². The highest BCUT2D eigenvalue weighted by Gasteiger charge is 2.41. The second kappa shape index (κ2) is 6.00. The number of rotatable bonds is 3. The Morgan fingerprint density at radius 2 is 1.62 bits per heavy atom. The van der Waals surface area contributed by atoms with Crippen LogP contribution in [-0.2, 0) is 0 Å². The van der Waals surface area contributed by atoms with E-state index in [9.17, 15) is 0 Å². The summed E-state index contributed by atoms with van der Waals surface area (Å²) in [6.07, 6.45) is 3.56. The molecule has 0 aliphatic carbocycles. The van der Waals surface area contributed by atoms with E-state index in [1.165, 1.54) is 0 Å². The predicted molar refractivity (Wildman–Crippen MR) is 94.3 cm³/mol. The zero-order valence-corrected chi connectivity index (χ0v) is 14.6. The second-order valence-electron chi connectivity index (χ2n) is 7.28. The van der Waals surface area contributed by atoms with E-state index in [-0.39, 0.29) is 0 Å². The summed E-state index contributed by atoms with van der Waals surface area (Å²) in [4.78, 5) is 22.6. The van der Waals surface area contributed by atoms with Crippen molar-refractivity contribution in [1.29, 1.82) is 0 Å². The van der Waals surface area contributed by atoms with Crippen LogP contribution >= 0.6 is 0 Å². The quantitative estimate of drug-likeness (QED) is 0.863. The molecule has 4 heterocycles. The van der Waals surface area contributed by atoms with Crippen molar-refractivity contribution in [3.63, 3.8) is 0 Å². The van der Waals surface area contributed by atoms with Gasteiger partial charge in [0.2, 0.25) is 0 Å². The van der Waals surface area contributed by atoms with Gasteiger partial charge in [0.05, 0.1) is 0 Å². The number of fused-ring (bicyclic) bond motifs is 1. The Labute approximate surface area is 143 Å². The van der Waals surface area contributed by atoms with Crippen LogP contribution in [0, 0.1) is 18.8 Å². The Kier molecular flexibility index (Phi) is 3.82. The van der Waals surface area contributed by atoms with Crippen LogP contribution < -0.4 is 9.80 Å². The van der Waals surface area contributed by atoms with Crippen molar-refractivity contribution < 1.29 is 0 Å². The number of aromatic nitrogens is 4. The molecule has 0 aromatic carbocycles. The fourth-order valence-corrected chi connectivity index (χ4v) is 3.80. The lowest BCUT2D eigenvalue weighted by Gasteiger charge is -2.23. The van der Waals surface area contributed by atoms with Crippen molar-refractivity contribution in [3.05, 3.63) is 36.2 Å². The molecule has 0 spiro atoms. The minimum Gasteiger partial charge on any atom is -0.356 e. The van der Waals surface area contributed by atoms with Crippen molar-refractivity contribution in [2.75, 3.05) is 36.0 Å². The number of hydrogen-bond acceptors (Lipinski definition) is 6. The van der Waals surface area contributed by atoms with Gasteiger partial charge in [-0.3, -0.25) is 0 Å². The van der Waals surface area contributed by atoms with Crippen molar-refractivity contribution in [3.8, 4) is 0 Å². The molecule has 0 bridgehead atoms. The molecule has 0 saturated carbocycles. The molecule has 2 fully saturated rings. The van der Waals surface area contributed by atoms with E-state index >= 15 is 0 Å². The van der Waals surface area contributed by atoms with E-state index < -0.39 is 0 Å². The highest BCUT2D eigenvalue weighted by atomic mass is 15.3. The van der Waals surface area contributed by atoms with E-state index in [1.807, 2.05) is 19.2 Å². The van der Waals surface area contributed by atoms with Crippen LogP contribution in [0.2, 0.25) is 0 Å². The van der Waals surface area contributed by atoms with E-state index in [4.69, 9.17) is 4.98 Å². The van der Waals surface area contributed by atoms with Crippen LogP contribution in [0.5, 0.6) is 0 Å². The van der Waals surface area contributed by atoms with Gasteiger partial charge in [-0.05, 0) is 13.0 Å². The molecule has 126 valence electrons. The maximum Gasteiger partial charge on any atom is 0.133 e. The van der Waals surface area contributed by atoms with Gasteiger partial charge in [0.15, 0.2) is 0 Å². The Hall–Kier alpha value is -2.24. The third kappa shape index (κ3) is 2.81. The summed E-state index contributed by atoms with van der Waals surface area (Å²) >= 11 is 0. The van der Waals surface area contributed by atoms with Crippen LogP contribution in [0.1, 0.15) is 31.3 Å². The number of aryl methyl sites for hydroxylation is 1. The van der Waals surface area contributed by atoms with E-state index in [1.54, 1.807) is 6.33 Å². The third-order valence-electron chi connectivity index (χ3n) is 5.10. The molecule has 6 nitrogen and oxygen atoms in total. The monoisotopic (exact) mass is 324 g/mol. The normalized spacial score (nSPS) is 23.2. The highest BCUT2D eigenvalue weighted by molar-refractivity contribution is 5.44. The molecule has 4 rings (SSSR count). The average molecular weight is 324 g/mol. The second-order valence-corrected chi connectivity index (χ2v) is 7.28. The zero-order chi connectivity index (χ0) is 16.7. The van der Waals surface area contributed by atoms with Gasteiger partial charge in [0.1, 0.15) is 23.8 Å². The summed E-state index contributed by atoms with van der Waals surface area (Å²) in [5.74, 6) is 4.79. The molecule has 2 aliphatic rings. The van der Waals surface area contributed by atoms with E-state index in [2.05, 4.69) is 44.7 Å². The van der Waals surface area contributed by atoms with Crippen LogP contribution in [0.15, 0.2) is 24.7 Å². The molecule has 0 radical (unpaired) electrons. The minimum atomic E-state index is 0.364. The number of nitrogens with zero attached hydrogens (tertiary/aromatic N) is 6. The molecule has 0 N–H and O–H groups in total. The Morgan fingerprint density at radius 3 is 2.25 bits per heavy atom. The zero-order valence-electron chi connectivity index (χ0n) is 14.6. The summed E-state index contributed by atoms with van der Waals surface area (Å²) in [6, 6.07) is 4.12. The standard InChI is InChI=1S/C18H24N6/c1-12(2)18-19-5-4-16(22-18)23-7-14-9-24(10-15(14)8-23)17-6-13(3)20-11-21-17/h4-6,11-12,14-15H,7-10H2,1-3H3. The molecule has 2 saturated heterocycles. The van der Waals surface area contributed by atoms with Gasteiger partial charge in [-0.2, -0.15) is 0 Å². The van der Waals surface area contributed by atoms with Crippen molar-refractivity contribution in [1.82, 2.24) is 19.9 Å². The smallest absolute Gasteiger partial charge is 0.133 e. The fourth-order valence-electron chi connectivity index (χ4n) is 3.80. The Balaban J connectivity index is 1.45. The van der Waals surface area contributed by atoms with Gasteiger partial charge >= 0.3 is 0 Å². The topological polar surface area (TPSA) is 58.0 Å². The number of anilines is 2. The molecule has 24 heavy (non-hydrogen) atoms. The molecule has 2 unspecified atom stereocenters. The largest absolute Gasteiger partial charge is 0.356 e. The summed E-state index contributed by atoms with van der Waals surface area (Å²) < 4.78 is 0. The maximum atomic E-state index is 4.75. The van der Waals surface area contributed by atoms with Gasteiger partial charge < -0.3 is 9.80 Å². The van der Waals surface area contributed by atoms with E-state index in [0.29, 0.717) is 17.8 Å². The maximum absolute atomic E-state index is 4.75. The van der Waals surface area contributed by atoms with Crippen LogP contribution in [0.3, 0.4) is 0 Å². The summed E-state index contributed by atoms with van der Waals surface area (Å²) in [5, 5.41) is 0. The lowest BCUT2D eigenvalue weighted by atomic mass is 10.0. The SMILES string of the molecule is Cc1cc(N2CC3CN(c4ccnc(C(C)C)n4)CC3C2)ncn1. The molecule has 2 atom stereocenters. The summed E-state index contributed by atoms with van der Waals surface area (Å²) in [6.45, 7) is 10.6. The minimum absolute atomic E-state index is 0.364. The van der Waals surface area contributed by atoms with Crippen LogP contribution in [0.25, 0.3) is 0 Å². The van der Waals surface area contributed by atoms with Crippen molar-refractivity contribution in [2.24, 2.45) is 11.8 Å². The highest BCUT2D eigenvalue weighted by Crippen LogP contribution is 2.35. The first-order chi connectivity index (χ1) is 11.6. The lowest BCUT2D eigenvalue weighted by Crippen LogP contribution is -2.29. The van der Waals surface area contributed by atoms with Gasteiger partial charge in [-0.1, -0.05) is 13.8 Å². The first-order valence-electron chi connectivity index (χ1n) is 8.71. The van der Waals surface area contributed by atoms with Gasteiger partial charge in [-0.25, -0.2) is 19.9 Å². The lowest BCUT2D eigenvalue weighted by molar-refractivity contribution is 0.533. The summed E-state index contributed by atoms with van der Waals surface area (Å²) in [5.41, 5.74) is 1.03. The first kappa shape index (κ1) is 15.3. The van der Waals surface area contributed by atoms with Gasteiger partial charge in [0, 0.05) is 61.9 Å². The number of hydrogen-bond donors (Lipinski definition) is 0. The Bertz CT molecular complexity index is 717. The molecular weight excluding hydrogens is 300 g/mol. The average Bonchev–Trinajstić information content (AvgIpc) is 3.14. The first-order valence-corrected chi connectivity index (χ1v) is 8.71. The molecule has 0 amide bonds. The van der Waals surface area contributed by atoms with Gasteiger partial charge in [0.25, 0.3) is 0 Å². The molecular formula is C18H24N6. The molecule has 2 aliphatic heterocycles. The molecule has 2 aromatic rings. The van der Waals surface area contributed by atoms with Gasteiger partial charge in [-0.15, -0.1) is 0 Å². The van der Waals surface area contributed by atoms with Crippen LogP contribution in [0.4, 0.5) is 11.6 Å². The van der Waals surface area contributed by atoms with Crippen molar-refractivity contribution in [2.45, 2.75) is 26.7 Å². The van der Waals surface area contributed by atoms with Crippen LogP contribution in [-0.4, -0.2) is 46.1 Å². The summed E-state index contributed by atoms with van der Waals surface area (Å²) in [7, 11) is 0. The Morgan fingerprint density at radius 1 is 0.958 bits per heavy atom. The molecule has 6 heteroatoms.